The van der Waals surface area contributed by atoms with Gasteiger partial charge in [0.05, 0.1) is 11.5 Å². The molecule has 0 aromatic rings. The maximum absolute atomic E-state index is 11.0. The molecule has 0 saturated heterocycles. The van der Waals surface area contributed by atoms with Gasteiger partial charge in [-0.25, -0.2) is 0 Å². The quantitative estimate of drug-likeness (QED) is 0.709. The summed E-state index contributed by atoms with van der Waals surface area (Å²) in [6, 6.07) is 0. The number of rotatable bonds is 6. The number of carbonyl (C=O) groups excluding carboxylic acids is 2. The second-order valence-corrected chi connectivity index (χ2v) is 5.73. The van der Waals surface area contributed by atoms with E-state index in [-0.39, 0.29) is 10.2 Å². The molecule has 0 unspecified atom stereocenters. The van der Waals surface area contributed by atoms with E-state index in [0.717, 1.165) is 11.5 Å². The zero-order valence-corrected chi connectivity index (χ0v) is 10.3. The van der Waals surface area contributed by atoms with E-state index in [1.54, 1.807) is 0 Å². The van der Waals surface area contributed by atoms with Crippen molar-refractivity contribution in [2.24, 2.45) is 0 Å². The third-order valence-electron chi connectivity index (χ3n) is 1.05. The van der Waals surface area contributed by atoms with Crippen molar-refractivity contribution in [3.63, 3.8) is 0 Å². The van der Waals surface area contributed by atoms with Gasteiger partial charge in [-0.1, -0.05) is 37.4 Å². The maximum atomic E-state index is 11.0. The van der Waals surface area contributed by atoms with Crippen LogP contribution in [0.25, 0.3) is 0 Å². The van der Waals surface area contributed by atoms with Crippen molar-refractivity contribution in [3.05, 3.63) is 0 Å². The van der Waals surface area contributed by atoms with Crippen molar-refractivity contribution in [2.45, 2.75) is 13.8 Å². The van der Waals surface area contributed by atoms with Gasteiger partial charge in [0.1, 0.15) is 0 Å². The lowest BCUT2D eigenvalue weighted by Crippen LogP contribution is -2.01. The molecule has 0 saturated carbocycles. The van der Waals surface area contributed by atoms with Gasteiger partial charge in [-0.2, -0.15) is 0 Å². The summed E-state index contributed by atoms with van der Waals surface area (Å²) in [4.78, 5) is 22.0. The van der Waals surface area contributed by atoms with Crippen molar-refractivity contribution >= 4 is 45.5 Å². The minimum atomic E-state index is 0.168. The molecule has 0 aliphatic carbocycles. The molecule has 0 N–H and O–H groups in total. The van der Waals surface area contributed by atoms with Crippen molar-refractivity contribution in [2.75, 3.05) is 23.0 Å². The Hall–Kier alpha value is 0.390. The van der Waals surface area contributed by atoms with Gasteiger partial charge in [-0.3, -0.25) is 9.59 Å². The van der Waals surface area contributed by atoms with Gasteiger partial charge in [-0.05, 0) is 11.5 Å². The first-order chi connectivity index (χ1) is 6.20. The summed E-state index contributed by atoms with van der Waals surface area (Å²) >= 11 is 4.05. The first-order valence-electron chi connectivity index (χ1n) is 4.09. The molecule has 0 amide bonds. The fourth-order valence-electron chi connectivity index (χ4n) is 0.623. The number of hydrogen-bond donors (Lipinski definition) is 0. The molecule has 0 radical (unpaired) electrons. The summed E-state index contributed by atoms with van der Waals surface area (Å²) in [5.41, 5.74) is 0. The Morgan fingerprint density at radius 3 is 1.62 bits per heavy atom. The van der Waals surface area contributed by atoms with Crippen molar-refractivity contribution in [3.8, 4) is 0 Å². The van der Waals surface area contributed by atoms with Crippen LogP contribution < -0.4 is 0 Å². The second kappa shape index (κ2) is 8.97. The fourth-order valence-corrected chi connectivity index (χ4v) is 2.87. The van der Waals surface area contributed by atoms with Gasteiger partial charge >= 0.3 is 0 Å². The number of thioether (sulfide) groups is 3. The van der Waals surface area contributed by atoms with Crippen LogP contribution in [0.4, 0.5) is 0 Å². The van der Waals surface area contributed by atoms with Crippen LogP contribution in [0.5, 0.6) is 0 Å². The van der Waals surface area contributed by atoms with Gasteiger partial charge in [0.2, 0.25) is 0 Å². The monoisotopic (exact) mass is 238 g/mol. The summed E-state index contributed by atoms with van der Waals surface area (Å²) in [7, 11) is 0. The molecule has 0 heterocycles. The molecule has 0 rings (SSSR count). The Balaban J connectivity index is 3.33. The van der Waals surface area contributed by atoms with Gasteiger partial charge in [0, 0.05) is 0 Å². The normalized spacial score (nSPS) is 10.0. The van der Waals surface area contributed by atoms with Crippen LogP contribution in [0.15, 0.2) is 0 Å². The van der Waals surface area contributed by atoms with E-state index in [2.05, 4.69) is 0 Å². The van der Waals surface area contributed by atoms with Crippen LogP contribution in [0.1, 0.15) is 13.8 Å². The summed E-state index contributed by atoms with van der Waals surface area (Å²) in [6.45, 7) is 3.90. The number of hydrogen-bond acceptors (Lipinski definition) is 5. The highest BCUT2D eigenvalue weighted by Gasteiger charge is 2.04. The van der Waals surface area contributed by atoms with Crippen LogP contribution in [-0.2, 0) is 9.59 Å². The highest BCUT2D eigenvalue weighted by atomic mass is 32.2. The van der Waals surface area contributed by atoms with E-state index in [9.17, 15) is 9.59 Å². The molecule has 0 fully saturated rings. The van der Waals surface area contributed by atoms with E-state index >= 15 is 0 Å². The minimum absolute atomic E-state index is 0.168. The Morgan fingerprint density at radius 2 is 1.31 bits per heavy atom. The third kappa shape index (κ3) is 8.71. The molecule has 0 aliphatic heterocycles. The van der Waals surface area contributed by atoms with Crippen molar-refractivity contribution < 1.29 is 9.59 Å². The van der Waals surface area contributed by atoms with Crippen LogP contribution in [0.3, 0.4) is 0 Å². The number of carbonyl (C=O) groups is 2. The lowest BCUT2D eigenvalue weighted by atomic mass is 10.9. The molecule has 0 spiro atoms. The molecule has 76 valence electrons. The topological polar surface area (TPSA) is 34.1 Å². The van der Waals surface area contributed by atoms with Crippen LogP contribution in [0, 0.1) is 0 Å². The zero-order chi connectivity index (χ0) is 10.1. The molecule has 0 aromatic heterocycles. The lowest BCUT2D eigenvalue weighted by molar-refractivity contribution is -0.109. The molecule has 5 heteroatoms. The minimum Gasteiger partial charge on any atom is -0.286 e. The molecule has 2 nitrogen and oxygen atoms in total. The average molecular weight is 238 g/mol. The van der Waals surface area contributed by atoms with Crippen LogP contribution in [-0.4, -0.2) is 33.2 Å². The fraction of sp³-hybridized carbons (Fsp3) is 0.750. The van der Waals surface area contributed by atoms with E-state index < -0.39 is 0 Å². The van der Waals surface area contributed by atoms with E-state index in [1.807, 2.05) is 13.8 Å². The van der Waals surface area contributed by atoms with Crippen molar-refractivity contribution in [1.29, 1.82) is 0 Å². The van der Waals surface area contributed by atoms with E-state index in [0.29, 0.717) is 11.5 Å². The molecule has 13 heavy (non-hydrogen) atoms. The molecular formula is C8H14O2S3. The lowest BCUT2D eigenvalue weighted by Gasteiger charge is -1.98. The Kier molecular flexibility index (Phi) is 9.23. The first-order valence-corrected chi connectivity index (χ1v) is 7.22. The Labute approximate surface area is 92.0 Å². The highest BCUT2D eigenvalue weighted by Crippen LogP contribution is 2.12. The Morgan fingerprint density at radius 1 is 0.923 bits per heavy atom. The molecule has 0 aromatic carbocycles. The highest BCUT2D eigenvalue weighted by molar-refractivity contribution is 8.17. The summed E-state index contributed by atoms with van der Waals surface area (Å²) in [5, 5.41) is 0.337. The second-order valence-electron chi connectivity index (χ2n) is 2.10. The maximum Gasteiger partial charge on any atom is 0.198 e. The predicted molar refractivity (Wildman–Crippen MR) is 63.6 cm³/mol. The largest absolute Gasteiger partial charge is 0.286 e. The smallest absolute Gasteiger partial charge is 0.198 e. The summed E-state index contributed by atoms with van der Waals surface area (Å²) < 4.78 is 0. The van der Waals surface area contributed by atoms with Gasteiger partial charge in [0.25, 0.3) is 0 Å². The zero-order valence-electron chi connectivity index (χ0n) is 7.87. The SMILES string of the molecule is CCSC(=O)CSCC(=O)SCC. The average Bonchev–Trinajstić information content (AvgIpc) is 2.05. The molecule has 0 bridgehead atoms. The molecule has 0 aliphatic rings. The summed E-state index contributed by atoms with van der Waals surface area (Å²) in [5.74, 6) is 2.54. The first kappa shape index (κ1) is 13.4. The van der Waals surface area contributed by atoms with E-state index in [1.165, 1.54) is 35.3 Å². The third-order valence-corrected chi connectivity index (χ3v) is 3.86. The van der Waals surface area contributed by atoms with Crippen LogP contribution in [0.2, 0.25) is 0 Å². The summed E-state index contributed by atoms with van der Waals surface area (Å²) in [6.07, 6.45) is 0. The predicted octanol–water partition coefficient (Wildman–Crippen LogP) is 2.28. The van der Waals surface area contributed by atoms with Gasteiger partial charge < -0.3 is 0 Å². The van der Waals surface area contributed by atoms with Gasteiger partial charge in [-0.15, -0.1) is 11.8 Å². The Bertz CT molecular complexity index is 153. The molecule has 0 atom stereocenters. The van der Waals surface area contributed by atoms with Gasteiger partial charge in [0.15, 0.2) is 10.2 Å². The standard InChI is InChI=1S/C8H14O2S3/c1-3-12-7(9)5-11-6-8(10)13-4-2/h3-6H2,1-2H3. The molecular weight excluding hydrogens is 224 g/mol. The van der Waals surface area contributed by atoms with Crippen LogP contribution >= 0.6 is 35.3 Å². The van der Waals surface area contributed by atoms with Crippen molar-refractivity contribution in [1.82, 2.24) is 0 Å². The van der Waals surface area contributed by atoms with E-state index in [4.69, 9.17) is 0 Å².